The minimum Gasteiger partial charge on any atom is -0.396 e. The molecule has 0 bridgehead atoms. The fourth-order valence-corrected chi connectivity index (χ4v) is 1.79. The van der Waals surface area contributed by atoms with Crippen LogP contribution in [0.2, 0.25) is 5.02 Å². The Morgan fingerprint density at radius 2 is 1.94 bits per heavy atom. The maximum Gasteiger partial charge on any atom is 0.142 e. The molecule has 90 valence electrons. The summed E-state index contributed by atoms with van der Waals surface area (Å²) in [6, 6.07) is 4.57. The second-order valence-corrected chi connectivity index (χ2v) is 4.44. The number of benzene rings is 1. The summed E-state index contributed by atoms with van der Waals surface area (Å²) >= 11 is 5.83. The molecule has 0 saturated carbocycles. The van der Waals surface area contributed by atoms with Crippen LogP contribution in [0.25, 0.3) is 0 Å². The van der Waals surface area contributed by atoms with Gasteiger partial charge in [-0.2, -0.15) is 0 Å². The summed E-state index contributed by atoms with van der Waals surface area (Å²) in [4.78, 5) is 0. The molecule has 0 saturated heterocycles. The van der Waals surface area contributed by atoms with Gasteiger partial charge < -0.3 is 10.2 Å². The summed E-state index contributed by atoms with van der Waals surface area (Å²) in [5.41, 5.74) is -0.0103. The maximum atomic E-state index is 13.2. The van der Waals surface area contributed by atoms with Crippen LogP contribution < -0.4 is 0 Å². The van der Waals surface area contributed by atoms with Crippen LogP contribution in [0.1, 0.15) is 18.9 Å². The van der Waals surface area contributed by atoms with E-state index in [-0.39, 0.29) is 18.2 Å². The van der Waals surface area contributed by atoms with Crippen LogP contribution in [-0.2, 0) is 6.42 Å². The number of rotatable bonds is 5. The predicted molar refractivity (Wildman–Crippen MR) is 62.0 cm³/mol. The van der Waals surface area contributed by atoms with Gasteiger partial charge in [0.15, 0.2) is 0 Å². The standard InChI is InChI=1S/C12H16ClFO2/c1-2-12(7-15,8-16)6-9-4-3-5-10(14)11(9)13/h3-5,15-16H,2,6-8H2,1H3. The molecule has 2 nitrogen and oxygen atoms in total. The van der Waals surface area contributed by atoms with Crippen molar-refractivity contribution in [1.82, 2.24) is 0 Å². The van der Waals surface area contributed by atoms with Gasteiger partial charge in [-0.15, -0.1) is 0 Å². The highest BCUT2D eigenvalue weighted by atomic mass is 35.5. The Morgan fingerprint density at radius 3 is 2.44 bits per heavy atom. The van der Waals surface area contributed by atoms with E-state index in [0.29, 0.717) is 18.4 Å². The number of hydrogen-bond acceptors (Lipinski definition) is 2. The summed E-state index contributed by atoms with van der Waals surface area (Å²) in [5, 5.41) is 18.7. The molecule has 0 aromatic heterocycles. The summed E-state index contributed by atoms with van der Waals surface area (Å²) in [7, 11) is 0. The van der Waals surface area contributed by atoms with Gasteiger partial charge in [-0.05, 0) is 24.5 Å². The molecule has 16 heavy (non-hydrogen) atoms. The number of hydrogen-bond donors (Lipinski definition) is 2. The molecule has 0 aliphatic rings. The molecule has 0 radical (unpaired) electrons. The van der Waals surface area contributed by atoms with Gasteiger partial charge in [0, 0.05) is 5.41 Å². The molecule has 4 heteroatoms. The summed E-state index contributed by atoms with van der Waals surface area (Å²) in [6.07, 6.45) is 0.972. The van der Waals surface area contributed by atoms with E-state index < -0.39 is 11.2 Å². The third-order valence-corrected chi connectivity index (χ3v) is 3.44. The molecule has 0 atom stereocenters. The van der Waals surface area contributed by atoms with Crippen LogP contribution in [0.15, 0.2) is 18.2 Å². The average molecular weight is 247 g/mol. The van der Waals surface area contributed by atoms with E-state index in [4.69, 9.17) is 11.6 Å². The molecule has 1 aromatic carbocycles. The quantitative estimate of drug-likeness (QED) is 0.838. The molecular formula is C12H16ClFO2. The van der Waals surface area contributed by atoms with E-state index in [9.17, 15) is 14.6 Å². The highest BCUT2D eigenvalue weighted by Gasteiger charge is 2.28. The minimum absolute atomic E-state index is 0.0715. The third-order valence-electron chi connectivity index (χ3n) is 3.02. The fourth-order valence-electron chi connectivity index (χ4n) is 1.60. The number of aliphatic hydroxyl groups is 2. The summed E-state index contributed by atoms with van der Waals surface area (Å²) in [6.45, 7) is 1.58. The van der Waals surface area contributed by atoms with E-state index in [1.165, 1.54) is 6.07 Å². The molecule has 0 heterocycles. The van der Waals surface area contributed by atoms with Crippen LogP contribution in [0.3, 0.4) is 0 Å². The van der Waals surface area contributed by atoms with Crippen LogP contribution >= 0.6 is 11.6 Å². The molecule has 0 fully saturated rings. The smallest absolute Gasteiger partial charge is 0.142 e. The maximum absolute atomic E-state index is 13.2. The van der Waals surface area contributed by atoms with Crippen molar-refractivity contribution in [3.63, 3.8) is 0 Å². The van der Waals surface area contributed by atoms with Gasteiger partial charge in [0.2, 0.25) is 0 Å². The van der Waals surface area contributed by atoms with Gasteiger partial charge >= 0.3 is 0 Å². The Bertz CT molecular complexity index is 343. The van der Waals surface area contributed by atoms with E-state index in [2.05, 4.69) is 0 Å². The minimum atomic E-state index is -0.628. The van der Waals surface area contributed by atoms with Gasteiger partial charge in [0.1, 0.15) is 5.82 Å². The van der Waals surface area contributed by atoms with E-state index in [1.807, 2.05) is 6.92 Å². The zero-order valence-electron chi connectivity index (χ0n) is 9.21. The van der Waals surface area contributed by atoms with Crippen LogP contribution in [0, 0.1) is 11.2 Å². The molecule has 0 amide bonds. The summed E-state index contributed by atoms with van der Waals surface area (Å²) in [5.74, 6) is -0.472. The molecule has 0 aliphatic heterocycles. The molecule has 0 aliphatic carbocycles. The lowest BCUT2D eigenvalue weighted by molar-refractivity contribution is 0.0514. The SMILES string of the molecule is CCC(CO)(CO)Cc1cccc(F)c1Cl. The highest BCUT2D eigenvalue weighted by Crippen LogP contribution is 2.30. The number of halogens is 2. The first-order valence-electron chi connectivity index (χ1n) is 5.23. The zero-order chi connectivity index (χ0) is 12.2. The average Bonchev–Trinajstić information content (AvgIpc) is 2.32. The predicted octanol–water partition coefficient (Wildman–Crippen LogP) is 2.40. The Kier molecular flexibility index (Phi) is 4.71. The second-order valence-electron chi connectivity index (χ2n) is 4.06. The van der Waals surface area contributed by atoms with Crippen molar-refractivity contribution in [2.75, 3.05) is 13.2 Å². The van der Waals surface area contributed by atoms with Crippen molar-refractivity contribution in [2.45, 2.75) is 19.8 Å². The third kappa shape index (κ3) is 2.73. The first kappa shape index (κ1) is 13.4. The first-order valence-corrected chi connectivity index (χ1v) is 5.61. The van der Waals surface area contributed by atoms with Crippen LogP contribution in [0.5, 0.6) is 0 Å². The number of aliphatic hydroxyl groups excluding tert-OH is 2. The Morgan fingerprint density at radius 1 is 1.31 bits per heavy atom. The van der Waals surface area contributed by atoms with E-state index in [0.717, 1.165) is 0 Å². The van der Waals surface area contributed by atoms with Crippen LogP contribution in [0.4, 0.5) is 4.39 Å². The largest absolute Gasteiger partial charge is 0.396 e. The lowest BCUT2D eigenvalue weighted by atomic mass is 9.81. The Balaban J connectivity index is 2.98. The molecule has 0 spiro atoms. The Labute approximate surface area is 99.7 Å². The zero-order valence-corrected chi connectivity index (χ0v) is 9.97. The lowest BCUT2D eigenvalue weighted by Crippen LogP contribution is -2.31. The lowest BCUT2D eigenvalue weighted by Gasteiger charge is -2.28. The van der Waals surface area contributed by atoms with Crippen LogP contribution in [-0.4, -0.2) is 23.4 Å². The van der Waals surface area contributed by atoms with Crippen molar-refractivity contribution >= 4 is 11.6 Å². The van der Waals surface area contributed by atoms with E-state index >= 15 is 0 Å². The topological polar surface area (TPSA) is 40.5 Å². The van der Waals surface area contributed by atoms with Gasteiger partial charge in [0.25, 0.3) is 0 Å². The summed E-state index contributed by atoms with van der Waals surface area (Å²) < 4.78 is 13.2. The normalized spacial score (nSPS) is 11.8. The van der Waals surface area contributed by atoms with Crippen molar-refractivity contribution in [2.24, 2.45) is 5.41 Å². The Hall–Kier alpha value is -0.640. The van der Waals surface area contributed by atoms with Crippen molar-refractivity contribution in [3.05, 3.63) is 34.6 Å². The molecule has 1 aromatic rings. The highest BCUT2D eigenvalue weighted by molar-refractivity contribution is 6.31. The van der Waals surface area contributed by atoms with Crippen molar-refractivity contribution in [3.8, 4) is 0 Å². The van der Waals surface area contributed by atoms with Gasteiger partial charge in [-0.25, -0.2) is 4.39 Å². The second kappa shape index (κ2) is 5.62. The van der Waals surface area contributed by atoms with Crippen molar-refractivity contribution < 1.29 is 14.6 Å². The van der Waals surface area contributed by atoms with Gasteiger partial charge in [0.05, 0.1) is 18.2 Å². The molecule has 0 unspecified atom stereocenters. The monoisotopic (exact) mass is 246 g/mol. The molecular weight excluding hydrogens is 231 g/mol. The van der Waals surface area contributed by atoms with Gasteiger partial charge in [-0.1, -0.05) is 30.7 Å². The van der Waals surface area contributed by atoms with Gasteiger partial charge in [-0.3, -0.25) is 0 Å². The first-order chi connectivity index (χ1) is 7.58. The fraction of sp³-hybridized carbons (Fsp3) is 0.500. The molecule has 1 rings (SSSR count). The van der Waals surface area contributed by atoms with E-state index in [1.54, 1.807) is 12.1 Å². The van der Waals surface area contributed by atoms with Crippen molar-refractivity contribution in [1.29, 1.82) is 0 Å². The molecule has 2 N–H and O–H groups in total.